The zero-order valence-corrected chi connectivity index (χ0v) is 13.9. The molecule has 23 heavy (non-hydrogen) atoms. The molecule has 1 heterocycles. The van der Waals surface area contributed by atoms with Crippen LogP contribution in [0.1, 0.15) is 36.8 Å². The third-order valence-electron chi connectivity index (χ3n) is 3.13. The summed E-state index contributed by atoms with van der Waals surface area (Å²) in [7, 11) is 0. The monoisotopic (exact) mass is 314 g/mol. The van der Waals surface area contributed by atoms with Crippen LogP contribution in [0.2, 0.25) is 0 Å². The van der Waals surface area contributed by atoms with E-state index >= 15 is 0 Å². The lowest BCUT2D eigenvalue weighted by Crippen LogP contribution is -2.45. The molecule has 2 amide bonds. The van der Waals surface area contributed by atoms with Crippen molar-refractivity contribution in [3.8, 4) is 5.69 Å². The van der Waals surface area contributed by atoms with Crippen LogP contribution < -0.4 is 10.6 Å². The summed E-state index contributed by atoms with van der Waals surface area (Å²) in [6.07, 6.45) is 1.73. The number of rotatable bonds is 4. The summed E-state index contributed by atoms with van der Waals surface area (Å²) in [6, 6.07) is 8.99. The molecule has 2 rings (SSSR count). The third-order valence-corrected chi connectivity index (χ3v) is 3.13. The number of hydrogen-bond donors (Lipinski definition) is 2. The molecular weight excluding hydrogens is 292 g/mol. The molecule has 6 nitrogen and oxygen atoms in total. The van der Waals surface area contributed by atoms with Gasteiger partial charge in [0.05, 0.1) is 12.2 Å². The molecule has 1 aromatic carbocycles. The van der Waals surface area contributed by atoms with Gasteiger partial charge in [0.25, 0.3) is 5.91 Å². The molecule has 122 valence electrons. The molecule has 0 unspecified atom stereocenters. The van der Waals surface area contributed by atoms with Crippen molar-refractivity contribution in [2.45, 2.75) is 33.2 Å². The molecule has 2 aromatic rings. The molecule has 0 aliphatic carbocycles. The number of nitrogens with one attached hydrogen (secondary N) is 2. The average Bonchev–Trinajstić information content (AvgIpc) is 2.89. The highest BCUT2D eigenvalue weighted by Gasteiger charge is 2.14. The molecule has 1 aromatic heterocycles. The Morgan fingerprint density at radius 3 is 2.30 bits per heavy atom. The Morgan fingerprint density at radius 1 is 1.13 bits per heavy atom. The van der Waals surface area contributed by atoms with Gasteiger partial charge >= 0.3 is 0 Å². The number of amides is 2. The van der Waals surface area contributed by atoms with E-state index in [0.717, 1.165) is 11.4 Å². The fourth-order valence-electron chi connectivity index (χ4n) is 2.12. The van der Waals surface area contributed by atoms with E-state index in [4.69, 9.17) is 0 Å². The summed E-state index contributed by atoms with van der Waals surface area (Å²) >= 11 is 0. The maximum absolute atomic E-state index is 12.1. The number of carbonyl (C=O) groups is 2. The van der Waals surface area contributed by atoms with Crippen molar-refractivity contribution in [3.05, 3.63) is 47.8 Å². The quantitative estimate of drug-likeness (QED) is 0.904. The summed E-state index contributed by atoms with van der Waals surface area (Å²) in [4.78, 5) is 23.8. The topological polar surface area (TPSA) is 76.0 Å². The Labute approximate surface area is 135 Å². The predicted octanol–water partition coefficient (Wildman–Crippen LogP) is 1.83. The van der Waals surface area contributed by atoms with Crippen LogP contribution >= 0.6 is 0 Å². The minimum Gasteiger partial charge on any atom is -0.350 e. The molecule has 0 saturated carbocycles. The summed E-state index contributed by atoms with van der Waals surface area (Å²) < 4.78 is 1.79. The van der Waals surface area contributed by atoms with Crippen LogP contribution in [0.5, 0.6) is 0 Å². The highest BCUT2D eigenvalue weighted by atomic mass is 16.2. The van der Waals surface area contributed by atoms with E-state index < -0.39 is 0 Å². The summed E-state index contributed by atoms with van der Waals surface area (Å²) in [5.41, 5.74) is 2.09. The summed E-state index contributed by atoms with van der Waals surface area (Å²) in [5, 5.41) is 9.63. The Balaban J connectivity index is 1.96. The van der Waals surface area contributed by atoms with Crippen LogP contribution in [0.15, 0.2) is 36.5 Å². The van der Waals surface area contributed by atoms with Crippen molar-refractivity contribution >= 4 is 11.8 Å². The number of aromatic nitrogens is 2. The van der Waals surface area contributed by atoms with Crippen molar-refractivity contribution in [2.75, 3.05) is 6.54 Å². The van der Waals surface area contributed by atoms with Gasteiger partial charge in [0.15, 0.2) is 0 Å². The molecule has 0 saturated heterocycles. The van der Waals surface area contributed by atoms with Gasteiger partial charge in [-0.3, -0.25) is 9.59 Å². The molecule has 0 fully saturated rings. The number of hydrogen-bond acceptors (Lipinski definition) is 3. The van der Waals surface area contributed by atoms with Gasteiger partial charge in [-0.2, -0.15) is 5.10 Å². The molecule has 6 heteroatoms. The first-order chi connectivity index (χ1) is 10.8. The second-order valence-electron chi connectivity index (χ2n) is 6.41. The van der Waals surface area contributed by atoms with E-state index in [1.54, 1.807) is 23.0 Å². The van der Waals surface area contributed by atoms with E-state index in [-0.39, 0.29) is 23.9 Å². The third kappa shape index (κ3) is 4.67. The van der Waals surface area contributed by atoms with Crippen LogP contribution in [-0.4, -0.2) is 33.7 Å². The van der Waals surface area contributed by atoms with Crippen LogP contribution in [0, 0.1) is 6.92 Å². The Bertz CT molecular complexity index is 696. The van der Waals surface area contributed by atoms with Crippen LogP contribution in [0.25, 0.3) is 5.69 Å². The standard InChI is InChI=1S/C17H22N4O2/c1-12-9-10-19-21(12)14-7-5-13(6-8-14)16(23)18-11-15(22)20-17(2,3)4/h5-10H,11H2,1-4H3,(H,18,23)(H,20,22). The normalized spacial score (nSPS) is 11.1. The first kappa shape index (κ1) is 16.7. The van der Waals surface area contributed by atoms with E-state index in [1.165, 1.54) is 0 Å². The van der Waals surface area contributed by atoms with Crippen LogP contribution in [0.4, 0.5) is 0 Å². The lowest BCUT2D eigenvalue weighted by Gasteiger charge is -2.20. The molecule has 0 radical (unpaired) electrons. The number of nitrogens with zero attached hydrogens (tertiary/aromatic N) is 2. The predicted molar refractivity (Wildman–Crippen MR) is 88.5 cm³/mol. The van der Waals surface area contributed by atoms with Gasteiger partial charge in [-0.05, 0) is 58.0 Å². The van der Waals surface area contributed by atoms with Gasteiger partial charge in [0.1, 0.15) is 0 Å². The van der Waals surface area contributed by atoms with Gasteiger partial charge in [-0.25, -0.2) is 4.68 Å². The molecule has 0 atom stereocenters. The molecule has 0 spiro atoms. The lowest BCUT2D eigenvalue weighted by molar-refractivity contribution is -0.121. The average molecular weight is 314 g/mol. The Hall–Kier alpha value is -2.63. The smallest absolute Gasteiger partial charge is 0.251 e. The highest BCUT2D eigenvalue weighted by molar-refractivity contribution is 5.96. The Kier molecular flexibility index (Phi) is 4.83. The van der Waals surface area contributed by atoms with Gasteiger partial charge in [0.2, 0.25) is 5.91 Å². The van der Waals surface area contributed by atoms with Gasteiger partial charge in [0, 0.05) is 23.0 Å². The second kappa shape index (κ2) is 6.64. The maximum atomic E-state index is 12.1. The maximum Gasteiger partial charge on any atom is 0.251 e. The minimum atomic E-state index is -0.314. The van der Waals surface area contributed by atoms with E-state index in [0.29, 0.717) is 5.56 Å². The van der Waals surface area contributed by atoms with Crippen LogP contribution in [0.3, 0.4) is 0 Å². The van der Waals surface area contributed by atoms with Crippen molar-refractivity contribution in [1.29, 1.82) is 0 Å². The van der Waals surface area contributed by atoms with Crippen molar-refractivity contribution in [2.24, 2.45) is 0 Å². The minimum absolute atomic E-state index is 0.0455. The Morgan fingerprint density at radius 2 is 1.78 bits per heavy atom. The fourth-order valence-corrected chi connectivity index (χ4v) is 2.12. The van der Waals surface area contributed by atoms with Gasteiger partial charge < -0.3 is 10.6 Å². The fraction of sp³-hybridized carbons (Fsp3) is 0.353. The molecule has 0 aliphatic heterocycles. The van der Waals surface area contributed by atoms with E-state index in [1.807, 2.05) is 45.9 Å². The highest BCUT2D eigenvalue weighted by Crippen LogP contribution is 2.11. The molecule has 2 N–H and O–H groups in total. The van der Waals surface area contributed by atoms with Crippen molar-refractivity contribution < 1.29 is 9.59 Å². The number of carbonyl (C=O) groups excluding carboxylic acids is 2. The zero-order chi connectivity index (χ0) is 17.0. The zero-order valence-electron chi connectivity index (χ0n) is 13.9. The molecule has 0 aliphatic rings. The molecular formula is C17H22N4O2. The second-order valence-corrected chi connectivity index (χ2v) is 6.41. The van der Waals surface area contributed by atoms with Crippen molar-refractivity contribution in [1.82, 2.24) is 20.4 Å². The van der Waals surface area contributed by atoms with Crippen molar-refractivity contribution in [3.63, 3.8) is 0 Å². The largest absolute Gasteiger partial charge is 0.350 e. The lowest BCUT2D eigenvalue weighted by atomic mass is 10.1. The number of aryl methyl sites for hydroxylation is 1. The van der Waals surface area contributed by atoms with Crippen LogP contribution in [-0.2, 0) is 4.79 Å². The number of benzene rings is 1. The van der Waals surface area contributed by atoms with E-state index in [2.05, 4.69) is 15.7 Å². The first-order valence-electron chi connectivity index (χ1n) is 7.46. The summed E-state index contributed by atoms with van der Waals surface area (Å²) in [5.74, 6) is -0.493. The summed E-state index contributed by atoms with van der Waals surface area (Å²) in [6.45, 7) is 7.59. The van der Waals surface area contributed by atoms with E-state index in [9.17, 15) is 9.59 Å². The van der Waals surface area contributed by atoms with Gasteiger partial charge in [-0.1, -0.05) is 0 Å². The first-order valence-corrected chi connectivity index (χ1v) is 7.46. The van der Waals surface area contributed by atoms with Gasteiger partial charge in [-0.15, -0.1) is 0 Å². The molecule has 0 bridgehead atoms. The SMILES string of the molecule is Cc1ccnn1-c1ccc(C(=O)NCC(=O)NC(C)(C)C)cc1.